The second kappa shape index (κ2) is 9.50. The van der Waals surface area contributed by atoms with Gasteiger partial charge in [0, 0.05) is 88.2 Å². The molecule has 0 aliphatic rings. The van der Waals surface area contributed by atoms with Crippen molar-refractivity contribution in [3.8, 4) is 5.75 Å². The SMILES string of the molecule is COc1ccc2nc(S(=O)Cc3[nH]cc(C)c(=O)c3C)[nH]c2c1.[Na].[Na]. The van der Waals surface area contributed by atoms with E-state index in [4.69, 9.17) is 4.74 Å². The monoisotopic (exact) mass is 377 g/mol. The summed E-state index contributed by atoms with van der Waals surface area (Å²) in [4.78, 5) is 22.4. The molecular weight excluding hydrogens is 360 g/mol. The number of nitrogens with one attached hydrogen (secondary N) is 2. The molecule has 2 aromatic heterocycles. The van der Waals surface area contributed by atoms with E-state index < -0.39 is 10.8 Å². The average molecular weight is 377 g/mol. The molecule has 25 heavy (non-hydrogen) atoms. The van der Waals surface area contributed by atoms with Crippen molar-refractivity contribution in [2.75, 3.05) is 7.11 Å². The van der Waals surface area contributed by atoms with Crippen LogP contribution in [0.15, 0.2) is 34.3 Å². The fourth-order valence-electron chi connectivity index (χ4n) is 2.35. The van der Waals surface area contributed by atoms with Gasteiger partial charge in [-0.1, -0.05) is 0 Å². The maximum absolute atomic E-state index is 12.6. The van der Waals surface area contributed by atoms with Gasteiger partial charge in [0.2, 0.25) is 0 Å². The first kappa shape index (κ1) is 22.6. The van der Waals surface area contributed by atoms with Crippen molar-refractivity contribution in [3.63, 3.8) is 0 Å². The van der Waals surface area contributed by atoms with Crippen molar-refractivity contribution < 1.29 is 8.95 Å². The van der Waals surface area contributed by atoms with Crippen LogP contribution in [0.3, 0.4) is 0 Å². The van der Waals surface area contributed by atoms with Gasteiger partial charge in [0.05, 0.1) is 34.7 Å². The molecule has 3 rings (SSSR count). The topological polar surface area (TPSA) is 87.8 Å². The van der Waals surface area contributed by atoms with Crippen LogP contribution in [0.1, 0.15) is 16.8 Å². The summed E-state index contributed by atoms with van der Waals surface area (Å²) in [7, 11) is 0.212. The third kappa shape index (κ3) is 4.86. The number of imidazole rings is 1. The van der Waals surface area contributed by atoms with Gasteiger partial charge in [-0.3, -0.25) is 9.00 Å². The van der Waals surface area contributed by atoms with Gasteiger partial charge in [0.1, 0.15) is 5.75 Å². The summed E-state index contributed by atoms with van der Waals surface area (Å²) < 4.78 is 17.7. The number of benzene rings is 1. The molecule has 2 radical (unpaired) electrons. The molecule has 0 spiro atoms. The van der Waals surface area contributed by atoms with Gasteiger partial charge < -0.3 is 14.7 Å². The minimum absolute atomic E-state index is 0. The number of ether oxygens (including phenoxy) is 1. The number of aromatic nitrogens is 3. The third-order valence-corrected chi connectivity index (χ3v) is 4.95. The standard InChI is InChI=1S/C16H17N3O3S.2Na/c1-9-7-17-14(10(2)15(9)20)8-23(21)16-18-12-5-4-11(22-3)6-13(12)19-16;;/h4-7H,8H2,1-3H3,(H,17,20)(H,18,19);;. The van der Waals surface area contributed by atoms with Crippen LogP contribution in [0, 0.1) is 13.8 Å². The van der Waals surface area contributed by atoms with E-state index in [1.54, 1.807) is 33.2 Å². The molecule has 0 amide bonds. The van der Waals surface area contributed by atoms with Crippen molar-refractivity contribution >= 4 is 80.9 Å². The number of nitrogens with zero attached hydrogens (tertiary/aromatic N) is 1. The molecule has 0 saturated heterocycles. The van der Waals surface area contributed by atoms with Crippen LogP contribution in [0.25, 0.3) is 11.0 Å². The normalized spacial score (nSPS) is 11.5. The average Bonchev–Trinajstić information content (AvgIpc) is 2.98. The van der Waals surface area contributed by atoms with Crippen LogP contribution in [-0.2, 0) is 16.6 Å². The number of pyridine rings is 1. The van der Waals surface area contributed by atoms with Crippen LogP contribution in [0.2, 0.25) is 0 Å². The molecule has 9 heteroatoms. The Morgan fingerprint density at radius 3 is 2.64 bits per heavy atom. The molecule has 2 heterocycles. The Bertz CT molecular complexity index is 969. The molecule has 3 aromatic rings. The van der Waals surface area contributed by atoms with E-state index >= 15 is 0 Å². The Labute approximate surface area is 192 Å². The summed E-state index contributed by atoms with van der Waals surface area (Å²) in [5.41, 5.74) is 3.37. The molecule has 0 aliphatic carbocycles. The smallest absolute Gasteiger partial charge is 0.197 e. The van der Waals surface area contributed by atoms with E-state index in [1.165, 1.54) is 0 Å². The number of methoxy groups -OCH3 is 1. The predicted octanol–water partition coefficient (Wildman–Crippen LogP) is 1.42. The zero-order valence-corrected chi connectivity index (χ0v) is 19.9. The van der Waals surface area contributed by atoms with Crippen molar-refractivity contribution in [3.05, 3.63) is 51.4 Å². The fourth-order valence-corrected chi connectivity index (χ4v) is 3.47. The van der Waals surface area contributed by atoms with E-state index in [0.29, 0.717) is 27.7 Å². The maximum atomic E-state index is 12.6. The number of aryl methyl sites for hydroxylation is 1. The second-order valence-electron chi connectivity index (χ2n) is 5.32. The molecular formula is C16H17N3Na2O3S. The molecule has 0 fully saturated rings. The minimum atomic E-state index is -1.38. The Balaban J connectivity index is 0.00000156. The molecule has 0 saturated carbocycles. The van der Waals surface area contributed by atoms with Gasteiger partial charge in [-0.25, -0.2) is 4.98 Å². The Morgan fingerprint density at radius 2 is 1.96 bits per heavy atom. The van der Waals surface area contributed by atoms with Gasteiger partial charge in [-0.15, -0.1) is 0 Å². The molecule has 1 unspecified atom stereocenters. The summed E-state index contributed by atoms with van der Waals surface area (Å²) in [6.45, 7) is 3.49. The Kier molecular flexibility index (Phi) is 8.60. The Hall–Kier alpha value is -0.410. The third-order valence-electron chi connectivity index (χ3n) is 3.77. The molecule has 6 nitrogen and oxygen atoms in total. The number of fused-ring (bicyclic) bond motifs is 1. The summed E-state index contributed by atoms with van der Waals surface area (Å²) in [5.74, 6) is 0.912. The van der Waals surface area contributed by atoms with Crippen molar-refractivity contribution in [1.82, 2.24) is 15.0 Å². The van der Waals surface area contributed by atoms with Crippen molar-refractivity contribution in [2.24, 2.45) is 0 Å². The quantitative estimate of drug-likeness (QED) is 0.674. The van der Waals surface area contributed by atoms with Crippen molar-refractivity contribution in [1.29, 1.82) is 0 Å². The van der Waals surface area contributed by atoms with Gasteiger partial charge >= 0.3 is 0 Å². The maximum Gasteiger partial charge on any atom is 0.197 e. The Morgan fingerprint density at radius 1 is 1.24 bits per heavy atom. The summed E-state index contributed by atoms with van der Waals surface area (Å²) >= 11 is 0. The van der Waals surface area contributed by atoms with Crippen LogP contribution < -0.4 is 10.2 Å². The van der Waals surface area contributed by atoms with Gasteiger partial charge in [0.25, 0.3) is 0 Å². The van der Waals surface area contributed by atoms with Gasteiger partial charge in [-0.2, -0.15) is 0 Å². The van der Waals surface area contributed by atoms with E-state index in [9.17, 15) is 9.00 Å². The minimum Gasteiger partial charge on any atom is -0.497 e. The molecule has 122 valence electrons. The predicted molar refractivity (Wildman–Crippen MR) is 101 cm³/mol. The number of rotatable bonds is 4. The van der Waals surface area contributed by atoms with Gasteiger partial charge in [-0.05, 0) is 26.0 Å². The van der Waals surface area contributed by atoms with Crippen molar-refractivity contribution in [2.45, 2.75) is 24.8 Å². The molecule has 1 atom stereocenters. The number of H-pyrrole nitrogens is 2. The first-order valence-electron chi connectivity index (χ1n) is 7.09. The summed E-state index contributed by atoms with van der Waals surface area (Å²) in [6, 6.07) is 5.42. The fraction of sp³-hybridized carbons (Fsp3) is 0.250. The van der Waals surface area contributed by atoms with E-state index in [0.717, 1.165) is 11.0 Å². The van der Waals surface area contributed by atoms with Crippen LogP contribution >= 0.6 is 0 Å². The molecule has 0 bridgehead atoms. The van der Waals surface area contributed by atoms with Crippen LogP contribution in [-0.4, -0.2) is 85.4 Å². The van der Waals surface area contributed by atoms with Crippen LogP contribution in [0.5, 0.6) is 5.75 Å². The zero-order valence-electron chi connectivity index (χ0n) is 15.1. The van der Waals surface area contributed by atoms with Gasteiger partial charge in [0.15, 0.2) is 10.6 Å². The van der Waals surface area contributed by atoms with E-state index in [2.05, 4.69) is 15.0 Å². The molecule has 0 aliphatic heterocycles. The largest absolute Gasteiger partial charge is 0.497 e. The first-order chi connectivity index (χ1) is 11.0. The number of hydrogen-bond donors (Lipinski definition) is 2. The van der Waals surface area contributed by atoms with E-state index in [-0.39, 0.29) is 70.3 Å². The van der Waals surface area contributed by atoms with Crippen LogP contribution in [0.4, 0.5) is 0 Å². The molecule has 2 N–H and O–H groups in total. The molecule has 1 aromatic carbocycles. The second-order valence-corrected chi connectivity index (χ2v) is 6.69. The van der Waals surface area contributed by atoms with E-state index in [1.807, 2.05) is 12.1 Å². The summed E-state index contributed by atoms with van der Waals surface area (Å²) in [6.07, 6.45) is 1.64. The number of hydrogen-bond acceptors (Lipinski definition) is 4. The summed E-state index contributed by atoms with van der Waals surface area (Å²) in [5, 5.41) is 0.383. The first-order valence-corrected chi connectivity index (χ1v) is 8.41. The zero-order chi connectivity index (χ0) is 16.6. The number of aromatic amines is 2.